The van der Waals surface area contributed by atoms with Gasteiger partial charge in [-0.2, -0.15) is 0 Å². The van der Waals surface area contributed by atoms with Gasteiger partial charge in [-0.05, 0) is 43.5 Å². The van der Waals surface area contributed by atoms with Gasteiger partial charge in [-0.1, -0.05) is 25.8 Å². The van der Waals surface area contributed by atoms with E-state index in [2.05, 4.69) is 11.6 Å². The molecule has 0 fully saturated rings. The van der Waals surface area contributed by atoms with E-state index in [-0.39, 0.29) is 6.04 Å². The zero-order valence-electron chi connectivity index (χ0n) is 11.9. The van der Waals surface area contributed by atoms with Crippen LogP contribution in [0.2, 0.25) is 0 Å². The van der Waals surface area contributed by atoms with E-state index < -0.39 is 10.0 Å². The number of rotatable bonds is 7. The number of benzene rings is 1. The highest BCUT2D eigenvalue weighted by molar-refractivity contribution is 7.89. The second-order valence-corrected chi connectivity index (χ2v) is 6.67. The number of nitrogens with two attached hydrogens (primary N) is 1. The fourth-order valence-corrected chi connectivity index (χ4v) is 3.27. The molecule has 1 aromatic carbocycles. The lowest BCUT2D eigenvalue weighted by atomic mass is 10.1. The summed E-state index contributed by atoms with van der Waals surface area (Å²) < 4.78 is 27.2. The second kappa shape index (κ2) is 7.03. The van der Waals surface area contributed by atoms with Crippen molar-refractivity contribution >= 4 is 10.0 Å². The molecule has 1 aromatic rings. The Morgan fingerprint density at radius 2 is 2.05 bits per heavy atom. The van der Waals surface area contributed by atoms with Crippen molar-refractivity contribution in [2.75, 3.05) is 0 Å². The van der Waals surface area contributed by atoms with Gasteiger partial charge < -0.3 is 5.73 Å². The van der Waals surface area contributed by atoms with Crippen molar-refractivity contribution in [2.24, 2.45) is 5.73 Å². The third-order valence-electron chi connectivity index (χ3n) is 3.20. The molecule has 0 aliphatic heterocycles. The minimum absolute atomic E-state index is 0.0485. The van der Waals surface area contributed by atoms with Crippen LogP contribution in [0.25, 0.3) is 0 Å². The molecule has 0 saturated heterocycles. The molecule has 0 spiro atoms. The first-order valence-corrected chi connectivity index (χ1v) is 8.21. The van der Waals surface area contributed by atoms with Gasteiger partial charge in [-0.25, -0.2) is 13.1 Å². The highest BCUT2D eigenvalue weighted by atomic mass is 32.2. The van der Waals surface area contributed by atoms with Crippen LogP contribution < -0.4 is 10.5 Å². The van der Waals surface area contributed by atoms with Crippen LogP contribution in [-0.4, -0.2) is 14.5 Å². The Bertz CT molecular complexity index is 512. The quantitative estimate of drug-likeness (QED) is 0.807. The van der Waals surface area contributed by atoms with Crippen LogP contribution >= 0.6 is 0 Å². The van der Waals surface area contributed by atoms with Crippen molar-refractivity contribution in [3.63, 3.8) is 0 Å². The zero-order valence-corrected chi connectivity index (χ0v) is 12.8. The van der Waals surface area contributed by atoms with Gasteiger partial charge in [0.2, 0.25) is 10.0 Å². The minimum Gasteiger partial charge on any atom is -0.326 e. The number of sulfonamides is 1. The lowest BCUT2D eigenvalue weighted by Crippen LogP contribution is -2.32. The molecule has 1 unspecified atom stereocenters. The molecule has 0 aromatic heterocycles. The Morgan fingerprint density at radius 3 is 2.63 bits per heavy atom. The van der Waals surface area contributed by atoms with Crippen LogP contribution in [0.3, 0.4) is 0 Å². The lowest BCUT2D eigenvalue weighted by molar-refractivity contribution is 0.534. The van der Waals surface area contributed by atoms with Gasteiger partial charge in [0.25, 0.3) is 0 Å². The topological polar surface area (TPSA) is 72.2 Å². The third-order valence-corrected chi connectivity index (χ3v) is 4.79. The Hall–Kier alpha value is -0.910. The SMILES string of the molecule is CCCCC(C)NS(=O)(=O)c1ccc(C)c(CN)c1. The Morgan fingerprint density at radius 1 is 1.37 bits per heavy atom. The summed E-state index contributed by atoms with van der Waals surface area (Å²) in [7, 11) is -3.44. The first kappa shape index (κ1) is 16.1. The van der Waals surface area contributed by atoms with E-state index in [1.54, 1.807) is 18.2 Å². The van der Waals surface area contributed by atoms with Crippen molar-refractivity contribution in [1.82, 2.24) is 4.72 Å². The molecule has 1 rings (SSSR count). The van der Waals surface area contributed by atoms with E-state index >= 15 is 0 Å². The number of aryl methyl sites for hydroxylation is 1. The maximum atomic E-state index is 12.2. The molecule has 4 nitrogen and oxygen atoms in total. The normalized spacial score (nSPS) is 13.5. The summed E-state index contributed by atoms with van der Waals surface area (Å²) >= 11 is 0. The summed E-state index contributed by atoms with van der Waals surface area (Å²) in [6, 6.07) is 5.04. The van der Waals surface area contributed by atoms with Gasteiger partial charge in [0.1, 0.15) is 0 Å². The first-order valence-electron chi connectivity index (χ1n) is 6.72. The average Bonchev–Trinajstić information content (AvgIpc) is 2.36. The van der Waals surface area contributed by atoms with Crippen molar-refractivity contribution in [1.29, 1.82) is 0 Å². The molecule has 108 valence electrons. The van der Waals surface area contributed by atoms with Crippen molar-refractivity contribution < 1.29 is 8.42 Å². The van der Waals surface area contributed by atoms with E-state index in [9.17, 15) is 8.42 Å². The lowest BCUT2D eigenvalue weighted by Gasteiger charge is -2.14. The van der Waals surface area contributed by atoms with Crippen LogP contribution in [-0.2, 0) is 16.6 Å². The van der Waals surface area contributed by atoms with Crippen LogP contribution in [0.1, 0.15) is 44.2 Å². The molecule has 0 aliphatic carbocycles. The minimum atomic E-state index is -3.44. The van der Waals surface area contributed by atoms with Crippen LogP contribution in [0.15, 0.2) is 23.1 Å². The van der Waals surface area contributed by atoms with Crippen molar-refractivity contribution in [3.8, 4) is 0 Å². The first-order chi connectivity index (χ1) is 8.90. The fourth-order valence-electron chi connectivity index (χ4n) is 1.94. The maximum Gasteiger partial charge on any atom is 0.240 e. The molecule has 0 bridgehead atoms. The summed E-state index contributed by atoms with van der Waals surface area (Å²) in [4.78, 5) is 0.293. The van der Waals surface area contributed by atoms with Gasteiger partial charge in [0, 0.05) is 12.6 Å². The molecular formula is C14H24N2O2S. The monoisotopic (exact) mass is 284 g/mol. The summed E-state index contributed by atoms with van der Waals surface area (Å²) in [5.41, 5.74) is 7.49. The molecule has 3 N–H and O–H groups in total. The van der Waals surface area contributed by atoms with Gasteiger partial charge in [-0.3, -0.25) is 0 Å². The Kier molecular flexibility index (Phi) is 5.97. The molecule has 5 heteroatoms. The molecular weight excluding hydrogens is 260 g/mol. The van der Waals surface area contributed by atoms with Crippen molar-refractivity contribution in [2.45, 2.75) is 57.5 Å². The number of hydrogen-bond donors (Lipinski definition) is 2. The maximum absolute atomic E-state index is 12.2. The van der Waals surface area contributed by atoms with Crippen LogP contribution in [0.4, 0.5) is 0 Å². The number of unbranched alkanes of at least 4 members (excludes halogenated alkanes) is 1. The van der Waals surface area contributed by atoms with E-state index in [1.165, 1.54) is 0 Å². The van der Waals surface area contributed by atoms with Crippen molar-refractivity contribution in [3.05, 3.63) is 29.3 Å². The van der Waals surface area contributed by atoms with E-state index in [0.717, 1.165) is 30.4 Å². The van der Waals surface area contributed by atoms with Gasteiger partial charge in [0.15, 0.2) is 0 Å². The largest absolute Gasteiger partial charge is 0.326 e. The van der Waals surface area contributed by atoms with E-state index in [0.29, 0.717) is 11.4 Å². The fraction of sp³-hybridized carbons (Fsp3) is 0.571. The molecule has 0 aliphatic rings. The van der Waals surface area contributed by atoms with Gasteiger partial charge in [-0.15, -0.1) is 0 Å². The Balaban J connectivity index is 2.88. The summed E-state index contributed by atoms with van der Waals surface area (Å²) in [6.07, 6.45) is 2.94. The molecule has 0 heterocycles. The predicted molar refractivity (Wildman–Crippen MR) is 78.4 cm³/mol. The average molecular weight is 284 g/mol. The summed E-state index contributed by atoms with van der Waals surface area (Å²) in [5, 5.41) is 0. The Labute approximate surface area is 116 Å². The van der Waals surface area contributed by atoms with Gasteiger partial charge >= 0.3 is 0 Å². The molecule has 0 saturated carbocycles. The predicted octanol–water partition coefficient (Wildman–Crippen LogP) is 2.31. The zero-order chi connectivity index (χ0) is 14.5. The third kappa shape index (κ3) is 4.60. The number of nitrogens with one attached hydrogen (secondary N) is 1. The smallest absolute Gasteiger partial charge is 0.240 e. The summed E-state index contributed by atoms with van der Waals surface area (Å²) in [5.74, 6) is 0. The summed E-state index contributed by atoms with van der Waals surface area (Å²) in [6.45, 7) is 6.26. The number of hydrogen-bond acceptors (Lipinski definition) is 3. The van der Waals surface area contributed by atoms with Crippen LogP contribution in [0.5, 0.6) is 0 Å². The molecule has 19 heavy (non-hydrogen) atoms. The molecule has 1 atom stereocenters. The highest BCUT2D eigenvalue weighted by Gasteiger charge is 2.17. The van der Waals surface area contributed by atoms with Crippen LogP contribution in [0, 0.1) is 6.92 Å². The standard InChI is InChI=1S/C14H24N2O2S/c1-4-5-6-12(3)16-19(17,18)14-8-7-11(2)13(9-14)10-15/h7-9,12,16H,4-6,10,15H2,1-3H3. The second-order valence-electron chi connectivity index (χ2n) is 4.96. The van der Waals surface area contributed by atoms with E-state index in [1.807, 2.05) is 13.8 Å². The highest BCUT2D eigenvalue weighted by Crippen LogP contribution is 2.16. The van der Waals surface area contributed by atoms with E-state index in [4.69, 9.17) is 5.73 Å². The molecule has 0 radical (unpaired) electrons. The van der Waals surface area contributed by atoms with Gasteiger partial charge in [0.05, 0.1) is 4.90 Å². The molecule has 0 amide bonds.